The van der Waals surface area contributed by atoms with Crippen molar-refractivity contribution in [1.29, 1.82) is 0 Å². The Morgan fingerprint density at radius 1 is 1.36 bits per heavy atom. The van der Waals surface area contributed by atoms with Gasteiger partial charge in [-0.1, -0.05) is 26.2 Å². The summed E-state index contributed by atoms with van der Waals surface area (Å²) in [5.41, 5.74) is 0. The summed E-state index contributed by atoms with van der Waals surface area (Å²) >= 11 is 0. The van der Waals surface area contributed by atoms with Crippen LogP contribution in [0.3, 0.4) is 0 Å². The molecule has 1 aliphatic rings. The predicted octanol–water partition coefficient (Wildman–Crippen LogP) is 2.27. The molecule has 0 spiro atoms. The Kier molecular flexibility index (Phi) is 5.49. The van der Waals surface area contributed by atoms with Gasteiger partial charge in [0.2, 0.25) is 0 Å². The lowest BCUT2D eigenvalue weighted by atomic mass is 9.96. The third-order valence-electron chi connectivity index (χ3n) is 3.57. The van der Waals surface area contributed by atoms with Crippen LogP contribution < -0.4 is 0 Å². The number of unbranched alkanes of at least 4 members (excludes halogenated alkanes) is 1. The smallest absolute Gasteiger partial charge is 0.0558 e. The Balaban J connectivity index is 2.33. The molecule has 0 radical (unpaired) electrons. The van der Waals surface area contributed by atoms with E-state index in [2.05, 4.69) is 18.9 Å². The van der Waals surface area contributed by atoms with E-state index < -0.39 is 0 Å². The van der Waals surface area contributed by atoms with E-state index in [1.807, 2.05) is 0 Å². The monoisotopic (exact) mass is 199 g/mol. The molecule has 1 aliphatic carbocycles. The maximum absolute atomic E-state index is 8.92. The van der Waals surface area contributed by atoms with E-state index in [1.54, 1.807) is 0 Å². The van der Waals surface area contributed by atoms with Crippen molar-refractivity contribution in [2.75, 3.05) is 20.2 Å². The summed E-state index contributed by atoms with van der Waals surface area (Å²) in [6.07, 6.45) is 8.19. The highest BCUT2D eigenvalue weighted by atomic mass is 16.3. The summed E-state index contributed by atoms with van der Waals surface area (Å²) in [5, 5.41) is 8.92. The lowest BCUT2D eigenvalue weighted by molar-refractivity contribution is 0.150. The number of nitrogens with zero attached hydrogens (tertiary/aromatic N) is 1. The molecule has 0 aromatic rings. The molecule has 0 aliphatic heterocycles. The van der Waals surface area contributed by atoms with E-state index in [0.29, 0.717) is 6.61 Å². The predicted molar refractivity (Wildman–Crippen MR) is 60.4 cm³/mol. The Morgan fingerprint density at radius 3 is 2.79 bits per heavy atom. The summed E-state index contributed by atoms with van der Waals surface area (Å²) < 4.78 is 0. The van der Waals surface area contributed by atoms with Crippen molar-refractivity contribution in [3.8, 4) is 0 Å². The maximum Gasteiger partial charge on any atom is 0.0558 e. The Bertz CT molecular complexity index is 149. The number of likely N-dealkylation sites (N-methyl/N-ethyl adjacent to an activating group) is 1. The molecule has 14 heavy (non-hydrogen) atoms. The van der Waals surface area contributed by atoms with E-state index in [9.17, 15) is 0 Å². The minimum absolute atomic E-state index is 0.299. The third kappa shape index (κ3) is 3.25. The summed E-state index contributed by atoms with van der Waals surface area (Å²) in [5.74, 6) is 0.895. The van der Waals surface area contributed by atoms with Gasteiger partial charge < -0.3 is 10.0 Å². The lowest BCUT2D eigenvalue weighted by Gasteiger charge is -2.29. The van der Waals surface area contributed by atoms with Crippen molar-refractivity contribution in [3.05, 3.63) is 0 Å². The van der Waals surface area contributed by atoms with Crippen LogP contribution in [-0.4, -0.2) is 36.2 Å². The minimum atomic E-state index is 0.299. The number of hydrogen-bond donors (Lipinski definition) is 1. The number of aliphatic hydroxyl groups is 1. The summed E-state index contributed by atoms with van der Waals surface area (Å²) in [7, 11) is 2.16. The quantitative estimate of drug-likeness (QED) is 0.709. The molecule has 2 nitrogen and oxygen atoms in total. The molecular formula is C12H25NO. The van der Waals surface area contributed by atoms with E-state index in [1.165, 1.54) is 38.5 Å². The molecule has 0 aromatic heterocycles. The molecule has 0 amide bonds. The molecule has 0 bridgehead atoms. The van der Waals surface area contributed by atoms with Crippen molar-refractivity contribution in [3.63, 3.8) is 0 Å². The van der Waals surface area contributed by atoms with Gasteiger partial charge in [0.05, 0.1) is 6.61 Å². The number of aliphatic hydroxyl groups excluding tert-OH is 1. The fourth-order valence-corrected chi connectivity index (χ4v) is 2.72. The van der Waals surface area contributed by atoms with Crippen molar-refractivity contribution in [1.82, 2.24) is 4.90 Å². The number of rotatable bonds is 6. The lowest BCUT2D eigenvalue weighted by Crippen LogP contribution is -2.36. The zero-order valence-electron chi connectivity index (χ0n) is 9.71. The van der Waals surface area contributed by atoms with Crippen molar-refractivity contribution in [2.45, 2.75) is 51.5 Å². The van der Waals surface area contributed by atoms with Crippen LogP contribution in [0.25, 0.3) is 0 Å². The molecule has 1 N–H and O–H groups in total. The summed E-state index contributed by atoms with van der Waals surface area (Å²) in [4.78, 5) is 2.35. The minimum Gasteiger partial charge on any atom is -0.395 e. The van der Waals surface area contributed by atoms with Gasteiger partial charge >= 0.3 is 0 Å². The van der Waals surface area contributed by atoms with Crippen LogP contribution in [0.4, 0.5) is 0 Å². The molecule has 2 heteroatoms. The first-order valence-corrected chi connectivity index (χ1v) is 6.10. The standard InChI is InChI=1S/C12H25NO/c1-3-4-6-11-7-5-8-12(11)13(2)9-10-14/h11-12,14H,3-10H2,1-2H3. The molecular weight excluding hydrogens is 174 g/mol. The topological polar surface area (TPSA) is 23.5 Å². The fraction of sp³-hybridized carbons (Fsp3) is 1.00. The van der Waals surface area contributed by atoms with Crippen molar-refractivity contribution < 1.29 is 5.11 Å². The Labute approximate surface area is 88.3 Å². The SMILES string of the molecule is CCCCC1CCCC1N(C)CCO. The highest BCUT2D eigenvalue weighted by Gasteiger charge is 2.29. The molecule has 1 rings (SSSR count). The van der Waals surface area contributed by atoms with Gasteiger partial charge in [-0.15, -0.1) is 0 Å². The van der Waals surface area contributed by atoms with Crippen LogP contribution in [0.15, 0.2) is 0 Å². The zero-order valence-corrected chi connectivity index (χ0v) is 9.71. The maximum atomic E-state index is 8.92. The van der Waals surface area contributed by atoms with Crippen molar-refractivity contribution in [2.24, 2.45) is 5.92 Å². The fourth-order valence-electron chi connectivity index (χ4n) is 2.72. The molecule has 2 unspecified atom stereocenters. The second-order valence-electron chi connectivity index (χ2n) is 4.60. The molecule has 0 saturated heterocycles. The highest BCUT2D eigenvalue weighted by Crippen LogP contribution is 2.32. The van der Waals surface area contributed by atoms with Crippen LogP contribution in [0.2, 0.25) is 0 Å². The highest BCUT2D eigenvalue weighted by molar-refractivity contribution is 4.83. The van der Waals surface area contributed by atoms with E-state index >= 15 is 0 Å². The Morgan fingerprint density at radius 2 is 2.14 bits per heavy atom. The van der Waals surface area contributed by atoms with Gasteiger partial charge in [0, 0.05) is 12.6 Å². The molecule has 0 aromatic carbocycles. The molecule has 0 heterocycles. The van der Waals surface area contributed by atoms with E-state index in [0.717, 1.165) is 18.5 Å². The van der Waals surface area contributed by atoms with Crippen LogP contribution in [0, 0.1) is 5.92 Å². The first-order valence-electron chi connectivity index (χ1n) is 6.10. The largest absolute Gasteiger partial charge is 0.395 e. The molecule has 1 fully saturated rings. The Hall–Kier alpha value is -0.0800. The first-order chi connectivity index (χ1) is 6.79. The molecule has 1 saturated carbocycles. The van der Waals surface area contributed by atoms with Crippen LogP contribution >= 0.6 is 0 Å². The average molecular weight is 199 g/mol. The van der Waals surface area contributed by atoms with Crippen LogP contribution in [0.1, 0.15) is 45.4 Å². The zero-order chi connectivity index (χ0) is 10.4. The number of hydrogen-bond acceptors (Lipinski definition) is 2. The summed E-state index contributed by atoms with van der Waals surface area (Å²) in [6.45, 7) is 3.40. The van der Waals surface area contributed by atoms with Gasteiger partial charge in [0.25, 0.3) is 0 Å². The van der Waals surface area contributed by atoms with Crippen molar-refractivity contribution >= 4 is 0 Å². The van der Waals surface area contributed by atoms with Gasteiger partial charge in [-0.2, -0.15) is 0 Å². The van der Waals surface area contributed by atoms with Gasteiger partial charge in [0.1, 0.15) is 0 Å². The second-order valence-corrected chi connectivity index (χ2v) is 4.60. The van der Waals surface area contributed by atoms with Crippen LogP contribution in [0.5, 0.6) is 0 Å². The van der Waals surface area contributed by atoms with E-state index in [-0.39, 0.29) is 0 Å². The van der Waals surface area contributed by atoms with Crippen LogP contribution in [-0.2, 0) is 0 Å². The van der Waals surface area contributed by atoms with Gasteiger partial charge in [-0.05, 0) is 32.2 Å². The van der Waals surface area contributed by atoms with Gasteiger partial charge in [-0.25, -0.2) is 0 Å². The normalized spacial score (nSPS) is 27.4. The second kappa shape index (κ2) is 6.41. The molecule has 2 atom stereocenters. The summed E-state index contributed by atoms with van der Waals surface area (Å²) in [6, 6.07) is 0.744. The third-order valence-corrected chi connectivity index (χ3v) is 3.57. The average Bonchev–Trinajstić information content (AvgIpc) is 2.63. The van der Waals surface area contributed by atoms with Gasteiger partial charge in [-0.3, -0.25) is 0 Å². The molecule has 84 valence electrons. The first kappa shape index (κ1) is 12.0. The van der Waals surface area contributed by atoms with Gasteiger partial charge in [0.15, 0.2) is 0 Å². The van der Waals surface area contributed by atoms with E-state index in [4.69, 9.17) is 5.11 Å².